The second-order valence-electron chi connectivity index (χ2n) is 12.9. The van der Waals surface area contributed by atoms with E-state index in [9.17, 15) is 4.79 Å². The number of allylic oxidation sites excluding steroid dienone is 4. The minimum Gasteiger partial charge on any atom is -0.303 e. The Morgan fingerprint density at radius 2 is 1.68 bits per heavy atom. The van der Waals surface area contributed by atoms with Crippen molar-refractivity contribution in [2.75, 3.05) is 0 Å². The summed E-state index contributed by atoms with van der Waals surface area (Å²) in [5.74, 6) is 3.99. The first-order valence-corrected chi connectivity index (χ1v) is 13.2. The second-order valence-corrected chi connectivity index (χ2v) is 12.9. The van der Waals surface area contributed by atoms with Crippen LogP contribution in [0.4, 0.5) is 0 Å². The molecule has 0 aromatic carbocycles. The maximum Gasteiger partial charge on any atom is 0.120 e. The van der Waals surface area contributed by atoms with E-state index in [1.165, 1.54) is 56.1 Å². The van der Waals surface area contributed by atoms with Gasteiger partial charge in [0.2, 0.25) is 0 Å². The van der Waals surface area contributed by atoms with Crippen molar-refractivity contribution in [3.8, 4) is 0 Å². The van der Waals surface area contributed by atoms with Crippen LogP contribution in [0.2, 0.25) is 0 Å². The van der Waals surface area contributed by atoms with E-state index >= 15 is 0 Å². The van der Waals surface area contributed by atoms with Gasteiger partial charge in [-0.05, 0) is 125 Å². The van der Waals surface area contributed by atoms with Gasteiger partial charge in [-0.25, -0.2) is 0 Å². The molecule has 0 N–H and O–H groups in total. The third kappa shape index (κ3) is 4.24. The molecule has 3 saturated carbocycles. The second kappa shape index (κ2) is 9.18. The lowest BCUT2D eigenvalue weighted by Crippen LogP contribution is -2.50. The van der Waals surface area contributed by atoms with Gasteiger partial charge in [-0.1, -0.05) is 51.0 Å². The van der Waals surface area contributed by atoms with Crippen LogP contribution in [0.25, 0.3) is 0 Å². The van der Waals surface area contributed by atoms with Gasteiger partial charge < -0.3 is 4.79 Å². The molecule has 0 aromatic heterocycles. The van der Waals surface area contributed by atoms with Crippen molar-refractivity contribution in [2.45, 2.75) is 113 Å². The molecular weight excluding hydrogens is 376 g/mol. The van der Waals surface area contributed by atoms with Crippen molar-refractivity contribution < 1.29 is 4.79 Å². The fourth-order valence-corrected chi connectivity index (χ4v) is 8.92. The van der Waals surface area contributed by atoms with Gasteiger partial charge in [0.15, 0.2) is 0 Å². The average molecular weight is 427 g/mol. The van der Waals surface area contributed by atoms with Crippen LogP contribution in [-0.2, 0) is 4.79 Å². The molecule has 8 unspecified atom stereocenters. The molecular formula is C30H50O. The fourth-order valence-electron chi connectivity index (χ4n) is 8.92. The van der Waals surface area contributed by atoms with E-state index in [4.69, 9.17) is 0 Å². The zero-order chi connectivity index (χ0) is 23.0. The minimum absolute atomic E-state index is 0.272. The number of carbonyl (C=O) groups is 1. The summed E-state index contributed by atoms with van der Waals surface area (Å²) in [6.07, 6.45) is 17.5. The van der Waals surface area contributed by atoms with Crippen molar-refractivity contribution in [3.63, 3.8) is 0 Å². The van der Waals surface area contributed by atoms with Gasteiger partial charge in [0.05, 0.1) is 0 Å². The van der Waals surface area contributed by atoms with Gasteiger partial charge in [-0.15, -0.1) is 0 Å². The zero-order valence-electron chi connectivity index (χ0n) is 21.9. The van der Waals surface area contributed by atoms with Gasteiger partial charge in [0, 0.05) is 6.42 Å². The smallest absolute Gasteiger partial charge is 0.120 e. The first-order chi connectivity index (χ1) is 14.5. The molecule has 176 valence electrons. The Balaban J connectivity index is 1.88. The van der Waals surface area contributed by atoms with Crippen LogP contribution in [-0.4, -0.2) is 6.29 Å². The molecule has 0 saturated heterocycles. The molecule has 31 heavy (non-hydrogen) atoms. The lowest BCUT2D eigenvalue weighted by molar-refractivity contribution is -0.110. The summed E-state index contributed by atoms with van der Waals surface area (Å²) in [5, 5.41) is 0. The van der Waals surface area contributed by atoms with E-state index in [-0.39, 0.29) is 5.41 Å². The monoisotopic (exact) mass is 426 g/mol. The SMILES string of the molecule is CC(C)=CCCC(C)C1CCC2(C)C1CCC1C(C)(CCC=O)C(C=C(C)C)CC12C. The molecule has 3 aliphatic carbocycles. The maximum absolute atomic E-state index is 11.3. The van der Waals surface area contributed by atoms with Crippen molar-refractivity contribution in [2.24, 2.45) is 45.8 Å². The van der Waals surface area contributed by atoms with E-state index in [2.05, 4.69) is 67.5 Å². The van der Waals surface area contributed by atoms with Gasteiger partial charge in [-0.2, -0.15) is 0 Å². The Kier molecular flexibility index (Phi) is 7.34. The lowest BCUT2D eigenvalue weighted by atomic mass is 9.47. The van der Waals surface area contributed by atoms with E-state index in [0.29, 0.717) is 16.7 Å². The molecule has 0 bridgehead atoms. The summed E-state index contributed by atoms with van der Waals surface area (Å²) < 4.78 is 0. The maximum atomic E-state index is 11.3. The number of carbonyl (C=O) groups excluding carboxylic acids is 1. The number of fused-ring (bicyclic) bond motifs is 3. The summed E-state index contributed by atoms with van der Waals surface area (Å²) in [4.78, 5) is 11.3. The van der Waals surface area contributed by atoms with Crippen LogP contribution < -0.4 is 0 Å². The largest absolute Gasteiger partial charge is 0.303 e. The van der Waals surface area contributed by atoms with Crippen LogP contribution in [0, 0.1) is 45.8 Å². The van der Waals surface area contributed by atoms with Gasteiger partial charge >= 0.3 is 0 Å². The van der Waals surface area contributed by atoms with E-state index in [0.717, 1.165) is 42.8 Å². The van der Waals surface area contributed by atoms with Gasteiger partial charge in [-0.3, -0.25) is 0 Å². The van der Waals surface area contributed by atoms with E-state index in [1.807, 2.05) is 0 Å². The third-order valence-electron chi connectivity index (χ3n) is 10.7. The molecule has 0 radical (unpaired) electrons. The van der Waals surface area contributed by atoms with E-state index < -0.39 is 0 Å². The predicted molar refractivity (Wildman–Crippen MR) is 134 cm³/mol. The highest BCUT2D eigenvalue weighted by molar-refractivity contribution is 5.49. The molecule has 8 atom stereocenters. The van der Waals surface area contributed by atoms with Gasteiger partial charge in [0.1, 0.15) is 6.29 Å². The topological polar surface area (TPSA) is 17.1 Å². The molecule has 3 fully saturated rings. The molecule has 1 nitrogen and oxygen atoms in total. The van der Waals surface area contributed by atoms with Crippen LogP contribution in [0.3, 0.4) is 0 Å². The molecule has 0 spiro atoms. The molecule has 1 heteroatoms. The number of hydrogen-bond acceptors (Lipinski definition) is 1. The Labute approximate surface area is 193 Å². The summed E-state index contributed by atoms with van der Waals surface area (Å²) in [7, 11) is 0. The standard InChI is InChI=1S/C30H50O/c1-21(2)11-9-12-23(5)25-15-17-29(7)26(25)13-14-27-28(6,16-10-18-31)24(19-22(3)4)20-30(27,29)8/h11,18-19,23-27H,9-10,12-17,20H2,1-8H3. The van der Waals surface area contributed by atoms with E-state index in [1.54, 1.807) is 0 Å². The van der Waals surface area contributed by atoms with Gasteiger partial charge in [0.25, 0.3) is 0 Å². The van der Waals surface area contributed by atoms with Crippen LogP contribution >= 0.6 is 0 Å². The number of hydrogen-bond donors (Lipinski definition) is 0. The fraction of sp³-hybridized carbons (Fsp3) is 0.833. The Hall–Kier alpha value is -0.850. The number of aldehydes is 1. The highest BCUT2D eigenvalue weighted by atomic mass is 16.1. The summed E-state index contributed by atoms with van der Waals surface area (Å²) in [5.41, 5.74) is 4.04. The molecule has 3 rings (SSSR count). The summed E-state index contributed by atoms with van der Waals surface area (Å²) >= 11 is 0. The normalized spacial score (nSPS) is 42.5. The molecule has 0 aliphatic heterocycles. The predicted octanol–water partition coefficient (Wildman–Crippen LogP) is 8.79. The quantitative estimate of drug-likeness (QED) is 0.280. The molecule has 0 amide bonds. The van der Waals surface area contributed by atoms with Crippen molar-refractivity contribution in [3.05, 3.63) is 23.3 Å². The highest BCUT2D eigenvalue weighted by Crippen LogP contribution is 2.75. The Bertz CT molecular complexity index is 708. The van der Waals surface area contributed by atoms with Crippen molar-refractivity contribution in [1.82, 2.24) is 0 Å². The first-order valence-electron chi connectivity index (χ1n) is 13.2. The third-order valence-corrected chi connectivity index (χ3v) is 10.7. The molecule has 0 aromatic rings. The first kappa shape index (κ1) is 24.8. The van der Waals surface area contributed by atoms with Crippen LogP contribution in [0.5, 0.6) is 0 Å². The van der Waals surface area contributed by atoms with Crippen LogP contribution in [0.1, 0.15) is 113 Å². The molecule has 0 heterocycles. The Morgan fingerprint density at radius 3 is 2.29 bits per heavy atom. The zero-order valence-corrected chi connectivity index (χ0v) is 21.9. The summed E-state index contributed by atoms with van der Waals surface area (Å²) in [6.45, 7) is 19.4. The molecule has 3 aliphatic rings. The van der Waals surface area contributed by atoms with Crippen molar-refractivity contribution >= 4 is 6.29 Å². The Morgan fingerprint density at radius 1 is 0.968 bits per heavy atom. The van der Waals surface area contributed by atoms with Crippen molar-refractivity contribution in [1.29, 1.82) is 0 Å². The number of rotatable bonds is 8. The lowest BCUT2D eigenvalue weighted by Gasteiger charge is -2.57. The highest BCUT2D eigenvalue weighted by Gasteiger charge is 2.68. The summed E-state index contributed by atoms with van der Waals surface area (Å²) in [6, 6.07) is 0. The minimum atomic E-state index is 0.272. The average Bonchev–Trinajstić information content (AvgIpc) is 3.13. The van der Waals surface area contributed by atoms with Crippen LogP contribution in [0.15, 0.2) is 23.3 Å².